The molecule has 3 aliphatic heterocycles. The van der Waals surface area contributed by atoms with Crippen LogP contribution in [0.2, 0.25) is 0 Å². The molecule has 7 nitrogen and oxygen atoms in total. The highest BCUT2D eigenvalue weighted by Crippen LogP contribution is 2.42. The second-order valence-corrected chi connectivity index (χ2v) is 9.41. The lowest BCUT2D eigenvalue weighted by atomic mass is 9.77. The number of fused-ring (bicyclic) bond motifs is 1. The minimum Gasteiger partial charge on any atom is -0.378 e. The SMILES string of the molecule is C[C@H]1CC2(CCN(c3ncc(SC4=CC=C[NH2+]/C4=C\C=N)c4nccn34)CC2)CO1. The Kier molecular flexibility index (Phi) is 5.22. The van der Waals surface area contributed by atoms with Crippen LogP contribution in [-0.4, -0.2) is 46.4 Å². The smallest absolute Gasteiger partial charge is 0.211 e. The molecule has 2 aromatic heterocycles. The van der Waals surface area contributed by atoms with Crippen molar-refractivity contribution in [3.63, 3.8) is 0 Å². The number of thioether (sulfide) groups is 1. The van der Waals surface area contributed by atoms with E-state index in [9.17, 15) is 0 Å². The largest absolute Gasteiger partial charge is 0.378 e. The quantitative estimate of drug-likeness (QED) is 0.739. The van der Waals surface area contributed by atoms with E-state index in [0.717, 1.165) is 59.6 Å². The number of nitrogens with two attached hydrogens (primary N) is 1. The molecule has 2 saturated heterocycles. The highest BCUT2D eigenvalue weighted by Gasteiger charge is 2.41. The number of imidazole rings is 1. The summed E-state index contributed by atoms with van der Waals surface area (Å²) in [7, 11) is 0. The zero-order chi connectivity index (χ0) is 20.6. The molecule has 0 aliphatic carbocycles. The molecule has 5 heterocycles. The lowest BCUT2D eigenvalue weighted by Gasteiger charge is -2.39. The van der Waals surface area contributed by atoms with E-state index < -0.39 is 0 Å². The molecule has 8 heteroatoms. The molecule has 1 atom stereocenters. The highest BCUT2D eigenvalue weighted by molar-refractivity contribution is 8.03. The summed E-state index contributed by atoms with van der Waals surface area (Å²) < 4.78 is 7.98. The Morgan fingerprint density at radius 3 is 2.97 bits per heavy atom. The van der Waals surface area contributed by atoms with Gasteiger partial charge in [-0.25, -0.2) is 9.97 Å². The van der Waals surface area contributed by atoms with Crippen molar-refractivity contribution in [3.8, 4) is 0 Å². The van der Waals surface area contributed by atoms with E-state index in [2.05, 4.69) is 27.3 Å². The molecule has 0 aromatic carbocycles. The van der Waals surface area contributed by atoms with Crippen LogP contribution < -0.4 is 10.2 Å². The fourth-order valence-electron chi connectivity index (χ4n) is 4.69. The van der Waals surface area contributed by atoms with Crippen LogP contribution in [0, 0.1) is 10.8 Å². The lowest BCUT2D eigenvalue weighted by Crippen LogP contribution is -2.76. The fourth-order valence-corrected chi connectivity index (χ4v) is 5.67. The molecule has 0 unspecified atom stereocenters. The first-order valence-corrected chi connectivity index (χ1v) is 11.3. The molecule has 0 bridgehead atoms. The van der Waals surface area contributed by atoms with Gasteiger partial charge in [0.2, 0.25) is 5.95 Å². The zero-order valence-electron chi connectivity index (χ0n) is 17.1. The molecular formula is C22H27N6OS+. The third kappa shape index (κ3) is 3.59. The van der Waals surface area contributed by atoms with E-state index in [-0.39, 0.29) is 0 Å². The average molecular weight is 424 g/mol. The van der Waals surface area contributed by atoms with Gasteiger partial charge in [-0.15, -0.1) is 0 Å². The summed E-state index contributed by atoms with van der Waals surface area (Å²) in [5, 5.41) is 9.43. The third-order valence-electron chi connectivity index (χ3n) is 6.28. The standard InChI is InChI=1S/C22H26N6OS/c1-16-13-22(15-29-16)5-10-27(11-6-22)21-26-14-19(20-25-9-12-28(20)21)30-18-3-2-8-24-17(18)4-7-23/h2-4,7-9,12,14,16,23-24H,5-6,10-11,13,15H2,1H3/p+1/b17-4-,23-7?/t16-/m0/s1. The number of piperidine rings is 1. The number of quaternary nitrogens is 1. The number of allylic oxidation sites excluding steroid dienone is 3. The van der Waals surface area contributed by atoms with Gasteiger partial charge >= 0.3 is 0 Å². The maximum absolute atomic E-state index is 7.40. The van der Waals surface area contributed by atoms with Crippen LogP contribution in [0.1, 0.15) is 26.2 Å². The highest BCUT2D eigenvalue weighted by atomic mass is 32.2. The van der Waals surface area contributed by atoms with Crippen molar-refractivity contribution in [3.05, 3.63) is 53.6 Å². The molecule has 0 amide bonds. The van der Waals surface area contributed by atoms with Crippen LogP contribution in [0.15, 0.2) is 58.5 Å². The predicted octanol–water partition coefficient (Wildman–Crippen LogP) is 2.72. The molecule has 2 aromatic rings. The monoisotopic (exact) mass is 423 g/mol. The van der Waals surface area contributed by atoms with Crippen LogP contribution >= 0.6 is 11.8 Å². The second kappa shape index (κ2) is 8.02. The Bertz CT molecular complexity index is 1050. The minimum atomic E-state index is 0.356. The van der Waals surface area contributed by atoms with Crippen LogP contribution in [0.5, 0.6) is 0 Å². The van der Waals surface area contributed by atoms with Gasteiger partial charge in [0.15, 0.2) is 5.65 Å². The lowest BCUT2D eigenvalue weighted by molar-refractivity contribution is -0.530. The number of aromatic nitrogens is 3. The molecule has 5 rings (SSSR count). The first kappa shape index (κ1) is 19.5. The molecule has 1 spiro atoms. The van der Waals surface area contributed by atoms with E-state index in [1.54, 1.807) is 11.8 Å². The van der Waals surface area contributed by atoms with Gasteiger partial charge in [-0.05, 0) is 43.8 Å². The summed E-state index contributed by atoms with van der Waals surface area (Å²) in [5.41, 5.74) is 2.31. The topological polar surface area (TPSA) is 83.1 Å². The number of ether oxygens (including phenoxy) is 1. The Morgan fingerprint density at radius 1 is 1.33 bits per heavy atom. The van der Waals surface area contributed by atoms with Crippen molar-refractivity contribution in [1.82, 2.24) is 14.4 Å². The number of anilines is 1. The summed E-state index contributed by atoms with van der Waals surface area (Å²) in [4.78, 5) is 14.0. The number of rotatable bonds is 4. The van der Waals surface area contributed by atoms with Crippen molar-refractivity contribution in [1.29, 1.82) is 5.41 Å². The second-order valence-electron chi connectivity index (χ2n) is 8.33. The molecule has 0 radical (unpaired) electrons. The summed E-state index contributed by atoms with van der Waals surface area (Å²) in [6.45, 7) is 5.09. The number of hydrogen-bond donors (Lipinski definition) is 2. The van der Waals surface area contributed by atoms with E-state index >= 15 is 0 Å². The van der Waals surface area contributed by atoms with Crippen LogP contribution in [0.25, 0.3) is 5.65 Å². The summed E-state index contributed by atoms with van der Waals surface area (Å²) >= 11 is 1.64. The average Bonchev–Trinajstić information content (AvgIpc) is 3.38. The Balaban J connectivity index is 1.39. The van der Waals surface area contributed by atoms with E-state index in [1.165, 1.54) is 12.6 Å². The zero-order valence-corrected chi connectivity index (χ0v) is 17.9. The fraction of sp³-hybridized carbons (Fsp3) is 0.409. The van der Waals surface area contributed by atoms with Gasteiger partial charge in [0.05, 0.1) is 28.7 Å². The predicted molar refractivity (Wildman–Crippen MR) is 119 cm³/mol. The summed E-state index contributed by atoms with van der Waals surface area (Å²) in [5.74, 6) is 0.966. The molecule has 0 saturated carbocycles. The van der Waals surface area contributed by atoms with Gasteiger partial charge in [-0.1, -0.05) is 11.8 Å². The molecule has 156 valence electrons. The molecule has 3 N–H and O–H groups in total. The van der Waals surface area contributed by atoms with Gasteiger partial charge in [0.1, 0.15) is 5.70 Å². The Hall–Kier alpha value is -2.42. The van der Waals surface area contributed by atoms with Crippen LogP contribution in [-0.2, 0) is 4.74 Å². The van der Waals surface area contributed by atoms with Crippen molar-refractivity contribution < 1.29 is 10.1 Å². The molecular weight excluding hydrogens is 396 g/mol. The normalized spacial score (nSPS) is 24.7. The Labute approximate surface area is 180 Å². The summed E-state index contributed by atoms with van der Waals surface area (Å²) in [6, 6.07) is 0. The Morgan fingerprint density at radius 2 is 2.20 bits per heavy atom. The first-order valence-electron chi connectivity index (χ1n) is 10.5. The maximum Gasteiger partial charge on any atom is 0.211 e. The number of nitrogens with one attached hydrogen (secondary N) is 1. The van der Waals surface area contributed by atoms with Crippen molar-refractivity contribution >= 4 is 29.6 Å². The van der Waals surface area contributed by atoms with Gasteiger partial charge in [0, 0.05) is 44.0 Å². The van der Waals surface area contributed by atoms with E-state index in [1.807, 2.05) is 42.3 Å². The van der Waals surface area contributed by atoms with E-state index in [0.29, 0.717) is 11.5 Å². The van der Waals surface area contributed by atoms with Crippen LogP contribution in [0.4, 0.5) is 5.95 Å². The summed E-state index contributed by atoms with van der Waals surface area (Å²) in [6.07, 6.45) is 18.9. The minimum absolute atomic E-state index is 0.356. The van der Waals surface area contributed by atoms with Gasteiger partial charge in [0.25, 0.3) is 0 Å². The van der Waals surface area contributed by atoms with Gasteiger partial charge in [-0.2, -0.15) is 0 Å². The van der Waals surface area contributed by atoms with Gasteiger partial charge < -0.3 is 15.0 Å². The van der Waals surface area contributed by atoms with E-state index in [4.69, 9.17) is 15.1 Å². The van der Waals surface area contributed by atoms with Gasteiger partial charge in [-0.3, -0.25) is 9.72 Å². The molecule has 2 fully saturated rings. The third-order valence-corrected chi connectivity index (χ3v) is 7.38. The first-order chi connectivity index (χ1) is 14.7. The van der Waals surface area contributed by atoms with Crippen LogP contribution in [0.3, 0.4) is 0 Å². The van der Waals surface area contributed by atoms with Crippen molar-refractivity contribution in [2.24, 2.45) is 5.41 Å². The molecule has 30 heavy (non-hydrogen) atoms. The van der Waals surface area contributed by atoms with Crippen molar-refractivity contribution in [2.75, 3.05) is 24.6 Å². The molecule has 3 aliphatic rings. The van der Waals surface area contributed by atoms with Crippen molar-refractivity contribution in [2.45, 2.75) is 37.2 Å². The number of nitrogens with zero attached hydrogens (tertiary/aromatic N) is 4. The number of hydrogen-bond acceptors (Lipinski definition) is 6. The maximum atomic E-state index is 7.40.